The third kappa shape index (κ3) is 5.56. The maximum Gasteiger partial charge on any atom is 0.430 e. The van der Waals surface area contributed by atoms with E-state index in [0.717, 1.165) is 12.1 Å². The first-order valence-corrected chi connectivity index (χ1v) is 13.2. The summed E-state index contributed by atoms with van der Waals surface area (Å²) >= 11 is 0. The molecule has 2 fully saturated rings. The van der Waals surface area contributed by atoms with Crippen LogP contribution in [0.15, 0.2) is 48.5 Å². The van der Waals surface area contributed by atoms with Crippen LogP contribution in [0.25, 0.3) is 0 Å². The minimum absolute atomic E-state index is 0.0858. The molecule has 0 aliphatic carbocycles. The lowest BCUT2D eigenvalue weighted by molar-refractivity contribution is -0.376. The maximum atomic E-state index is 13.7. The fraction of sp³-hybridized carbons (Fsp3) is 0.483. The second-order valence-corrected chi connectivity index (χ2v) is 11.0. The molecule has 6 nitrogen and oxygen atoms in total. The van der Waals surface area contributed by atoms with Gasteiger partial charge >= 0.3 is 12.4 Å². The molecule has 0 bridgehead atoms. The van der Waals surface area contributed by atoms with Gasteiger partial charge in [-0.1, -0.05) is 43.3 Å². The Balaban J connectivity index is 1.64. The van der Waals surface area contributed by atoms with E-state index >= 15 is 0 Å². The van der Waals surface area contributed by atoms with Gasteiger partial charge in [0.05, 0.1) is 6.07 Å². The zero-order valence-corrected chi connectivity index (χ0v) is 22.5. The molecule has 13 heteroatoms. The first-order valence-electron chi connectivity index (χ1n) is 13.2. The number of hydrogen-bond acceptors (Lipinski definition) is 4. The van der Waals surface area contributed by atoms with E-state index in [1.54, 1.807) is 17.9 Å². The highest BCUT2D eigenvalue weighted by Gasteiger charge is 2.71. The Hall–Kier alpha value is -3.66. The Kier molecular flexibility index (Phi) is 8.34. The first kappa shape index (κ1) is 31.3. The Bertz CT molecular complexity index is 1330. The van der Waals surface area contributed by atoms with Crippen molar-refractivity contribution >= 4 is 11.8 Å². The van der Waals surface area contributed by atoms with Crippen molar-refractivity contribution in [2.24, 2.45) is 5.92 Å². The molecule has 2 aromatic carbocycles. The number of halogens is 7. The molecule has 1 N–H and O–H groups in total. The van der Waals surface area contributed by atoms with Crippen LogP contribution >= 0.6 is 0 Å². The molecule has 226 valence electrons. The summed E-state index contributed by atoms with van der Waals surface area (Å²) < 4.78 is 94.2. The first-order chi connectivity index (χ1) is 19.5. The van der Waals surface area contributed by atoms with Gasteiger partial charge in [-0.25, -0.2) is 4.39 Å². The number of likely N-dealkylation sites (tertiary alicyclic amines) is 2. The monoisotopic (exact) mass is 599 g/mol. The molecule has 0 spiro atoms. The molecule has 2 saturated heterocycles. The van der Waals surface area contributed by atoms with Gasteiger partial charge in [-0.3, -0.25) is 9.59 Å². The number of piperidine rings is 1. The normalized spacial score (nSPS) is 22.2. The lowest BCUT2D eigenvalue weighted by atomic mass is 9.71. The van der Waals surface area contributed by atoms with Crippen molar-refractivity contribution in [1.29, 1.82) is 5.26 Å². The van der Waals surface area contributed by atoms with Crippen LogP contribution in [0.2, 0.25) is 0 Å². The van der Waals surface area contributed by atoms with Crippen LogP contribution in [-0.4, -0.2) is 65.3 Å². The van der Waals surface area contributed by atoms with Crippen molar-refractivity contribution in [2.75, 3.05) is 26.2 Å². The SMILES string of the molecule is C[C@]1(c2ccc(F)cc2)CN(C(=O)C2CCN(C(=O)CC#N)CC2)C[C@H]1c1ccc(C(O)(C(F)(F)F)C(F)(F)F)cc1. The van der Waals surface area contributed by atoms with Crippen LogP contribution in [0.3, 0.4) is 0 Å². The van der Waals surface area contributed by atoms with E-state index in [-0.39, 0.29) is 31.3 Å². The Morgan fingerprint density at radius 1 is 0.952 bits per heavy atom. The highest BCUT2D eigenvalue weighted by molar-refractivity contribution is 5.81. The molecule has 2 heterocycles. The van der Waals surface area contributed by atoms with Gasteiger partial charge in [0, 0.05) is 49.0 Å². The van der Waals surface area contributed by atoms with Gasteiger partial charge in [0.1, 0.15) is 12.2 Å². The quantitative estimate of drug-likeness (QED) is 0.481. The molecule has 2 atom stereocenters. The average Bonchev–Trinajstić information content (AvgIpc) is 3.30. The summed E-state index contributed by atoms with van der Waals surface area (Å²) in [5.74, 6) is -2.06. The molecule has 0 saturated carbocycles. The van der Waals surface area contributed by atoms with Gasteiger partial charge < -0.3 is 14.9 Å². The summed E-state index contributed by atoms with van der Waals surface area (Å²) in [5.41, 5.74) is -6.39. The highest BCUT2D eigenvalue weighted by atomic mass is 19.4. The molecule has 2 aliphatic rings. The Morgan fingerprint density at radius 2 is 1.50 bits per heavy atom. The molecule has 2 aromatic rings. The molecular weight excluding hydrogens is 571 g/mol. The van der Waals surface area contributed by atoms with Crippen LogP contribution in [-0.2, 0) is 20.6 Å². The lowest BCUT2D eigenvalue weighted by Crippen LogP contribution is -2.53. The standard InChI is InChI=1S/C29H28F7N3O3/c1-26(20-6-8-22(30)9-7-20)17-39(25(41)19-11-14-38(15-12-19)24(40)10-13-37)16-23(26)18-2-4-21(5-3-18)27(42,28(31,32)33)29(34,35)36/h2-9,19,23,42H,10-12,14-17H2,1H3/t23-,26+/m0/s1. The summed E-state index contributed by atoms with van der Waals surface area (Å²) in [4.78, 5) is 28.7. The average molecular weight is 600 g/mol. The molecule has 0 radical (unpaired) electrons. The summed E-state index contributed by atoms with van der Waals surface area (Å²) in [5, 5.41) is 18.5. The summed E-state index contributed by atoms with van der Waals surface area (Å²) in [6.07, 6.45) is -11.6. The van der Waals surface area contributed by atoms with Gasteiger partial charge in [-0.05, 0) is 36.1 Å². The fourth-order valence-electron chi connectivity index (χ4n) is 6.02. The Labute approximate surface area is 237 Å². The number of aliphatic hydroxyl groups is 1. The number of hydrogen-bond donors (Lipinski definition) is 1. The smallest absolute Gasteiger partial charge is 0.369 e. The van der Waals surface area contributed by atoms with E-state index in [2.05, 4.69) is 0 Å². The van der Waals surface area contributed by atoms with E-state index in [9.17, 15) is 45.4 Å². The molecule has 2 amide bonds. The van der Waals surface area contributed by atoms with E-state index in [0.29, 0.717) is 49.2 Å². The third-order valence-electron chi connectivity index (χ3n) is 8.49. The van der Waals surface area contributed by atoms with Crippen LogP contribution < -0.4 is 0 Å². The molecule has 4 rings (SSSR count). The van der Waals surface area contributed by atoms with E-state index in [1.165, 1.54) is 29.2 Å². The van der Waals surface area contributed by atoms with E-state index < -0.39 is 46.6 Å². The number of carbonyl (C=O) groups is 2. The van der Waals surface area contributed by atoms with Gasteiger partial charge in [-0.2, -0.15) is 31.6 Å². The predicted molar refractivity (Wildman–Crippen MR) is 135 cm³/mol. The minimum Gasteiger partial charge on any atom is -0.369 e. The van der Waals surface area contributed by atoms with Gasteiger partial charge in [0.25, 0.3) is 5.60 Å². The molecule has 0 aromatic heterocycles. The number of rotatable bonds is 5. The van der Waals surface area contributed by atoms with Crippen LogP contribution in [0.4, 0.5) is 30.7 Å². The zero-order chi connectivity index (χ0) is 31.1. The number of benzene rings is 2. The summed E-state index contributed by atoms with van der Waals surface area (Å²) in [7, 11) is 0. The van der Waals surface area contributed by atoms with Crippen molar-refractivity contribution in [3.63, 3.8) is 0 Å². The fourth-order valence-corrected chi connectivity index (χ4v) is 6.02. The van der Waals surface area contributed by atoms with E-state index in [4.69, 9.17) is 5.26 Å². The topological polar surface area (TPSA) is 84.6 Å². The van der Waals surface area contributed by atoms with E-state index in [1.807, 2.05) is 0 Å². The lowest BCUT2D eigenvalue weighted by Gasteiger charge is -2.34. The van der Waals surface area contributed by atoms with Crippen molar-refractivity contribution < 1.29 is 45.4 Å². The van der Waals surface area contributed by atoms with Gasteiger partial charge in [-0.15, -0.1) is 0 Å². The molecule has 2 aliphatic heterocycles. The van der Waals surface area contributed by atoms with Crippen molar-refractivity contribution in [2.45, 2.75) is 55.5 Å². The minimum atomic E-state index is -6.03. The zero-order valence-electron chi connectivity index (χ0n) is 22.5. The van der Waals surface area contributed by atoms with Crippen LogP contribution in [0, 0.1) is 23.1 Å². The number of nitriles is 1. The molecule has 42 heavy (non-hydrogen) atoms. The van der Waals surface area contributed by atoms with Crippen molar-refractivity contribution in [3.8, 4) is 6.07 Å². The van der Waals surface area contributed by atoms with Crippen molar-refractivity contribution in [1.82, 2.24) is 9.80 Å². The number of amides is 2. The molecule has 0 unspecified atom stereocenters. The van der Waals surface area contributed by atoms with Crippen LogP contribution in [0.5, 0.6) is 0 Å². The largest absolute Gasteiger partial charge is 0.430 e. The van der Waals surface area contributed by atoms with Crippen molar-refractivity contribution in [3.05, 3.63) is 71.0 Å². The number of carbonyl (C=O) groups excluding carboxylic acids is 2. The second-order valence-electron chi connectivity index (χ2n) is 11.0. The van der Waals surface area contributed by atoms with Gasteiger partial charge in [0.2, 0.25) is 11.8 Å². The third-order valence-corrected chi connectivity index (χ3v) is 8.49. The summed E-state index contributed by atoms with van der Waals surface area (Å²) in [6.45, 7) is 2.62. The maximum absolute atomic E-state index is 13.7. The number of nitrogens with zero attached hydrogens (tertiary/aromatic N) is 3. The highest BCUT2D eigenvalue weighted by Crippen LogP contribution is 2.51. The van der Waals surface area contributed by atoms with Crippen LogP contribution in [0.1, 0.15) is 48.8 Å². The Morgan fingerprint density at radius 3 is 2.00 bits per heavy atom. The predicted octanol–water partition coefficient (Wildman–Crippen LogP) is 5.17. The molecular formula is C29H28F7N3O3. The van der Waals surface area contributed by atoms with Gasteiger partial charge in [0.15, 0.2) is 0 Å². The number of alkyl halides is 6. The summed E-state index contributed by atoms with van der Waals surface area (Å²) in [6, 6.07) is 10.6. The second kappa shape index (κ2) is 11.2.